The van der Waals surface area contributed by atoms with Crippen LogP contribution in [-0.2, 0) is 4.79 Å². The fourth-order valence-corrected chi connectivity index (χ4v) is 3.33. The van der Waals surface area contributed by atoms with Gasteiger partial charge in [-0.1, -0.05) is 18.0 Å². The molecule has 1 aromatic heterocycles. The van der Waals surface area contributed by atoms with Gasteiger partial charge in [0, 0.05) is 12.0 Å². The zero-order chi connectivity index (χ0) is 11.8. The Morgan fingerprint density at radius 3 is 2.88 bits per heavy atom. The van der Waals surface area contributed by atoms with Crippen molar-refractivity contribution in [3.63, 3.8) is 0 Å². The molecule has 2 fully saturated rings. The van der Waals surface area contributed by atoms with E-state index in [4.69, 9.17) is 11.6 Å². The van der Waals surface area contributed by atoms with Crippen LogP contribution >= 0.6 is 11.6 Å². The molecule has 2 bridgehead atoms. The van der Waals surface area contributed by atoms with Crippen LogP contribution in [0.15, 0.2) is 12.4 Å². The van der Waals surface area contributed by atoms with Crippen molar-refractivity contribution in [2.45, 2.75) is 25.7 Å². The Morgan fingerprint density at radius 2 is 2.24 bits per heavy atom. The number of aromatic nitrogens is 2. The number of hydrogen-bond donors (Lipinski definition) is 1. The highest BCUT2D eigenvalue weighted by atomic mass is 35.5. The molecule has 17 heavy (non-hydrogen) atoms. The van der Waals surface area contributed by atoms with E-state index in [2.05, 4.69) is 15.3 Å². The highest BCUT2D eigenvalue weighted by Gasteiger charge is 2.43. The average molecular weight is 252 g/mol. The SMILES string of the molecule is O=C(Nc1cc(Cl)ncn1)C1CC2CCC1C2. The third kappa shape index (κ3) is 2.14. The summed E-state index contributed by atoms with van der Waals surface area (Å²) in [6.45, 7) is 0. The van der Waals surface area contributed by atoms with Gasteiger partial charge in [0.1, 0.15) is 17.3 Å². The maximum atomic E-state index is 12.1. The predicted octanol–water partition coefficient (Wildman–Crippen LogP) is 2.50. The van der Waals surface area contributed by atoms with Gasteiger partial charge in [-0.3, -0.25) is 4.79 Å². The molecule has 0 aromatic carbocycles. The van der Waals surface area contributed by atoms with Gasteiger partial charge in [-0.2, -0.15) is 0 Å². The predicted molar refractivity (Wildman–Crippen MR) is 64.6 cm³/mol. The molecular formula is C12H14ClN3O. The van der Waals surface area contributed by atoms with Crippen LogP contribution in [0.3, 0.4) is 0 Å². The minimum absolute atomic E-state index is 0.0898. The molecule has 0 aliphatic heterocycles. The van der Waals surface area contributed by atoms with Gasteiger partial charge in [-0.05, 0) is 31.1 Å². The number of anilines is 1. The van der Waals surface area contributed by atoms with Crippen molar-refractivity contribution in [3.8, 4) is 0 Å². The van der Waals surface area contributed by atoms with E-state index in [0.29, 0.717) is 16.9 Å². The third-order valence-corrected chi connectivity index (χ3v) is 4.17. The normalized spacial score (nSPS) is 30.5. The van der Waals surface area contributed by atoms with E-state index in [0.717, 1.165) is 12.3 Å². The van der Waals surface area contributed by atoms with E-state index in [1.807, 2.05) is 0 Å². The highest BCUT2D eigenvalue weighted by Crippen LogP contribution is 2.48. The second-order valence-corrected chi connectivity index (χ2v) is 5.38. The van der Waals surface area contributed by atoms with Gasteiger partial charge in [0.2, 0.25) is 5.91 Å². The van der Waals surface area contributed by atoms with E-state index < -0.39 is 0 Å². The molecule has 3 atom stereocenters. The Hall–Kier alpha value is -1.16. The summed E-state index contributed by atoms with van der Waals surface area (Å²) < 4.78 is 0. The van der Waals surface area contributed by atoms with E-state index >= 15 is 0 Å². The van der Waals surface area contributed by atoms with Gasteiger partial charge >= 0.3 is 0 Å². The maximum Gasteiger partial charge on any atom is 0.228 e. The van der Waals surface area contributed by atoms with E-state index in [1.165, 1.54) is 25.6 Å². The minimum atomic E-state index is 0.0898. The maximum absolute atomic E-state index is 12.1. The summed E-state index contributed by atoms with van der Waals surface area (Å²) in [5.74, 6) is 2.11. The molecule has 5 heteroatoms. The lowest BCUT2D eigenvalue weighted by molar-refractivity contribution is -0.121. The van der Waals surface area contributed by atoms with Crippen LogP contribution < -0.4 is 5.32 Å². The van der Waals surface area contributed by atoms with Crippen LogP contribution in [0.4, 0.5) is 5.82 Å². The number of hydrogen-bond acceptors (Lipinski definition) is 3. The molecule has 0 saturated heterocycles. The highest BCUT2D eigenvalue weighted by molar-refractivity contribution is 6.29. The lowest BCUT2D eigenvalue weighted by Crippen LogP contribution is -2.27. The largest absolute Gasteiger partial charge is 0.310 e. The molecule has 0 radical (unpaired) electrons. The van der Waals surface area contributed by atoms with E-state index in [-0.39, 0.29) is 11.8 Å². The first-order chi connectivity index (χ1) is 8.22. The Bertz CT molecular complexity index is 451. The Labute approximate surface area is 105 Å². The second-order valence-electron chi connectivity index (χ2n) is 5.00. The lowest BCUT2D eigenvalue weighted by Gasteiger charge is -2.20. The Kier molecular flexibility index (Phi) is 2.74. The van der Waals surface area contributed by atoms with Crippen molar-refractivity contribution in [2.75, 3.05) is 5.32 Å². The zero-order valence-electron chi connectivity index (χ0n) is 9.40. The smallest absolute Gasteiger partial charge is 0.228 e. The molecular weight excluding hydrogens is 238 g/mol. The summed E-state index contributed by atoms with van der Waals surface area (Å²) >= 11 is 5.75. The quantitative estimate of drug-likeness (QED) is 0.822. The first-order valence-electron chi connectivity index (χ1n) is 6.01. The number of halogens is 1. The number of carbonyl (C=O) groups excluding carboxylic acids is 1. The standard InChI is InChI=1S/C12H14ClN3O/c13-10-5-11(15-6-14-10)16-12(17)9-4-7-1-2-8(9)3-7/h5-9H,1-4H2,(H,14,15,16,17). The van der Waals surface area contributed by atoms with Gasteiger partial charge in [0.05, 0.1) is 0 Å². The van der Waals surface area contributed by atoms with Crippen LogP contribution in [0.2, 0.25) is 5.15 Å². The Balaban J connectivity index is 1.68. The lowest BCUT2D eigenvalue weighted by atomic mass is 9.88. The topological polar surface area (TPSA) is 54.9 Å². The third-order valence-electron chi connectivity index (χ3n) is 3.96. The molecule has 4 nitrogen and oxygen atoms in total. The Morgan fingerprint density at radius 1 is 1.35 bits per heavy atom. The van der Waals surface area contributed by atoms with E-state index in [9.17, 15) is 4.79 Å². The summed E-state index contributed by atoms with van der Waals surface area (Å²) in [6, 6.07) is 1.58. The van der Waals surface area contributed by atoms with Crippen LogP contribution in [-0.4, -0.2) is 15.9 Å². The van der Waals surface area contributed by atoms with Crippen molar-refractivity contribution in [1.82, 2.24) is 9.97 Å². The van der Waals surface area contributed by atoms with Crippen molar-refractivity contribution in [1.29, 1.82) is 0 Å². The fourth-order valence-electron chi connectivity index (χ4n) is 3.19. The average Bonchev–Trinajstić information content (AvgIpc) is 2.90. The van der Waals surface area contributed by atoms with Gasteiger partial charge < -0.3 is 5.32 Å². The summed E-state index contributed by atoms with van der Waals surface area (Å²) in [5.41, 5.74) is 0. The van der Waals surface area contributed by atoms with Gasteiger partial charge in [0.15, 0.2) is 0 Å². The first-order valence-corrected chi connectivity index (χ1v) is 6.38. The molecule has 1 heterocycles. The summed E-state index contributed by atoms with van der Waals surface area (Å²) in [7, 11) is 0. The molecule has 2 saturated carbocycles. The summed E-state index contributed by atoms with van der Waals surface area (Å²) in [4.78, 5) is 19.9. The van der Waals surface area contributed by atoms with Crippen molar-refractivity contribution in [2.24, 2.45) is 17.8 Å². The molecule has 0 spiro atoms. The first kappa shape index (κ1) is 11.0. The van der Waals surface area contributed by atoms with Crippen molar-refractivity contribution in [3.05, 3.63) is 17.5 Å². The number of rotatable bonds is 2. The number of carbonyl (C=O) groups is 1. The van der Waals surface area contributed by atoms with Crippen LogP contribution in [0, 0.1) is 17.8 Å². The van der Waals surface area contributed by atoms with Gasteiger partial charge in [-0.15, -0.1) is 0 Å². The number of nitrogens with one attached hydrogen (secondary N) is 1. The number of nitrogens with zero attached hydrogens (tertiary/aromatic N) is 2. The molecule has 3 rings (SSSR count). The molecule has 1 N–H and O–H groups in total. The molecule has 3 unspecified atom stereocenters. The zero-order valence-corrected chi connectivity index (χ0v) is 10.2. The monoisotopic (exact) mass is 251 g/mol. The number of fused-ring (bicyclic) bond motifs is 2. The summed E-state index contributed by atoms with van der Waals surface area (Å²) in [5, 5.41) is 3.19. The molecule has 2 aliphatic rings. The molecule has 1 amide bonds. The molecule has 1 aromatic rings. The number of amides is 1. The summed E-state index contributed by atoms with van der Waals surface area (Å²) in [6.07, 6.45) is 6.12. The van der Waals surface area contributed by atoms with Gasteiger partial charge in [0.25, 0.3) is 0 Å². The van der Waals surface area contributed by atoms with Crippen molar-refractivity contribution >= 4 is 23.3 Å². The second kappa shape index (κ2) is 4.26. The minimum Gasteiger partial charge on any atom is -0.310 e. The van der Waals surface area contributed by atoms with Gasteiger partial charge in [-0.25, -0.2) is 9.97 Å². The fraction of sp³-hybridized carbons (Fsp3) is 0.583. The van der Waals surface area contributed by atoms with Crippen molar-refractivity contribution < 1.29 is 4.79 Å². The molecule has 90 valence electrons. The van der Waals surface area contributed by atoms with Crippen LogP contribution in [0.1, 0.15) is 25.7 Å². The molecule has 2 aliphatic carbocycles. The van der Waals surface area contributed by atoms with Crippen LogP contribution in [0.25, 0.3) is 0 Å². The van der Waals surface area contributed by atoms with Crippen LogP contribution in [0.5, 0.6) is 0 Å². The van der Waals surface area contributed by atoms with E-state index in [1.54, 1.807) is 6.07 Å².